The maximum absolute atomic E-state index is 11.6. The third-order valence-electron chi connectivity index (χ3n) is 3.22. The number of aromatic amines is 1. The van der Waals surface area contributed by atoms with E-state index < -0.39 is 0 Å². The van der Waals surface area contributed by atoms with E-state index in [0.29, 0.717) is 11.6 Å². The van der Waals surface area contributed by atoms with Crippen molar-refractivity contribution in [1.82, 2.24) is 14.8 Å². The molecule has 104 valence electrons. The summed E-state index contributed by atoms with van der Waals surface area (Å²) in [5.74, 6) is 0.800. The van der Waals surface area contributed by atoms with Crippen LogP contribution in [0.1, 0.15) is 30.0 Å². The first-order valence-corrected chi connectivity index (χ1v) is 7.37. The van der Waals surface area contributed by atoms with Crippen LogP contribution in [0.25, 0.3) is 0 Å². The summed E-state index contributed by atoms with van der Waals surface area (Å²) in [6, 6.07) is 7.86. The number of benzene rings is 1. The van der Waals surface area contributed by atoms with Crippen molar-refractivity contribution in [2.75, 3.05) is 0 Å². The smallest absolute Gasteiger partial charge is 0.344 e. The molecule has 1 saturated carbocycles. The van der Waals surface area contributed by atoms with Gasteiger partial charge in [0, 0.05) is 17.4 Å². The first-order chi connectivity index (χ1) is 9.65. The van der Waals surface area contributed by atoms with E-state index in [1.807, 2.05) is 24.3 Å². The van der Waals surface area contributed by atoms with Crippen LogP contribution in [0, 0.1) is 5.41 Å². The lowest BCUT2D eigenvalue weighted by Gasteiger charge is -2.04. The molecule has 0 atom stereocenters. The topological polar surface area (TPSA) is 101 Å². The Bertz CT molecular complexity index is 684. The van der Waals surface area contributed by atoms with Crippen molar-refractivity contribution in [2.24, 2.45) is 5.73 Å². The quantitative estimate of drug-likeness (QED) is 0.441. The number of H-pyrrole nitrogens is 1. The SMILES string of the molecule is N=C(N)c1ccc(CSc2n[nH]c(=O)n2C2CC2)cc1. The summed E-state index contributed by atoms with van der Waals surface area (Å²) in [4.78, 5) is 11.6. The maximum Gasteiger partial charge on any atom is 0.344 e. The molecule has 3 rings (SSSR count). The van der Waals surface area contributed by atoms with Crippen LogP contribution >= 0.6 is 11.8 Å². The molecule has 1 aliphatic rings. The van der Waals surface area contributed by atoms with Crippen LogP contribution in [-0.2, 0) is 5.75 Å². The fourth-order valence-corrected chi connectivity index (χ4v) is 2.94. The molecule has 0 saturated heterocycles. The summed E-state index contributed by atoms with van der Waals surface area (Å²) in [6.45, 7) is 0. The Hall–Kier alpha value is -2.02. The highest BCUT2D eigenvalue weighted by Crippen LogP contribution is 2.36. The number of nitrogens with two attached hydrogens (primary N) is 1. The first-order valence-electron chi connectivity index (χ1n) is 6.38. The van der Waals surface area contributed by atoms with Crippen LogP contribution in [0.5, 0.6) is 0 Å². The first kappa shape index (κ1) is 13.0. The molecule has 0 spiro atoms. The molecule has 6 nitrogen and oxygen atoms in total. The molecule has 1 aromatic carbocycles. The van der Waals surface area contributed by atoms with Gasteiger partial charge < -0.3 is 5.73 Å². The van der Waals surface area contributed by atoms with Gasteiger partial charge in [0.1, 0.15) is 5.84 Å². The number of nitrogens with zero attached hydrogens (tertiary/aromatic N) is 2. The highest BCUT2D eigenvalue weighted by Gasteiger charge is 2.28. The molecular formula is C13H15N5OS. The molecule has 2 aromatic rings. The van der Waals surface area contributed by atoms with Crippen molar-refractivity contribution >= 4 is 17.6 Å². The molecule has 0 amide bonds. The number of aromatic nitrogens is 3. The summed E-state index contributed by atoms with van der Waals surface area (Å²) < 4.78 is 1.74. The molecule has 4 N–H and O–H groups in total. The molecule has 1 aromatic heterocycles. The molecular weight excluding hydrogens is 274 g/mol. The minimum atomic E-state index is -0.123. The largest absolute Gasteiger partial charge is 0.384 e. The highest BCUT2D eigenvalue weighted by molar-refractivity contribution is 7.98. The minimum absolute atomic E-state index is 0.0686. The number of thioether (sulfide) groups is 1. The van der Waals surface area contributed by atoms with Crippen molar-refractivity contribution in [1.29, 1.82) is 5.41 Å². The van der Waals surface area contributed by atoms with E-state index in [2.05, 4.69) is 10.2 Å². The molecule has 0 unspecified atom stereocenters. The summed E-state index contributed by atoms with van der Waals surface area (Å²) in [6.07, 6.45) is 2.11. The van der Waals surface area contributed by atoms with Crippen molar-refractivity contribution in [3.8, 4) is 0 Å². The van der Waals surface area contributed by atoms with Gasteiger partial charge in [-0.2, -0.15) is 0 Å². The van der Waals surface area contributed by atoms with Crippen LogP contribution in [0.2, 0.25) is 0 Å². The van der Waals surface area contributed by atoms with Crippen LogP contribution in [0.3, 0.4) is 0 Å². The highest BCUT2D eigenvalue weighted by atomic mass is 32.2. The van der Waals surface area contributed by atoms with Crippen molar-refractivity contribution < 1.29 is 0 Å². The molecule has 1 heterocycles. The van der Waals surface area contributed by atoms with Crippen molar-refractivity contribution in [3.05, 3.63) is 45.9 Å². The molecule has 0 radical (unpaired) electrons. The second-order valence-electron chi connectivity index (χ2n) is 4.81. The lowest BCUT2D eigenvalue weighted by molar-refractivity contribution is 0.642. The van der Waals surface area contributed by atoms with Gasteiger partial charge in [0.05, 0.1) is 0 Å². The Morgan fingerprint density at radius 2 is 2.15 bits per heavy atom. The van der Waals surface area contributed by atoms with Crippen LogP contribution in [-0.4, -0.2) is 20.6 Å². The lowest BCUT2D eigenvalue weighted by atomic mass is 10.1. The van der Waals surface area contributed by atoms with E-state index in [-0.39, 0.29) is 11.5 Å². The van der Waals surface area contributed by atoms with Crippen LogP contribution in [0.4, 0.5) is 0 Å². The van der Waals surface area contributed by atoms with Gasteiger partial charge in [0.2, 0.25) is 0 Å². The van der Waals surface area contributed by atoms with Gasteiger partial charge in [-0.1, -0.05) is 36.0 Å². The standard InChI is InChI=1S/C13H15N5OS/c14-11(15)9-3-1-8(2-4-9)7-20-13-17-16-12(19)18(13)10-5-6-10/h1-4,10H,5-7H2,(H3,14,15)(H,16,19). The molecule has 1 fully saturated rings. The second-order valence-corrected chi connectivity index (χ2v) is 5.75. The second kappa shape index (κ2) is 5.16. The molecule has 0 aliphatic heterocycles. The third-order valence-corrected chi connectivity index (χ3v) is 4.24. The molecule has 0 bridgehead atoms. The Morgan fingerprint density at radius 1 is 1.45 bits per heavy atom. The van der Waals surface area contributed by atoms with Crippen LogP contribution < -0.4 is 11.4 Å². The zero-order valence-electron chi connectivity index (χ0n) is 10.8. The van der Waals surface area contributed by atoms with E-state index in [0.717, 1.165) is 29.3 Å². The zero-order valence-corrected chi connectivity index (χ0v) is 11.6. The van der Waals surface area contributed by atoms with Gasteiger partial charge in [-0.3, -0.25) is 9.98 Å². The van der Waals surface area contributed by atoms with Gasteiger partial charge in [0.25, 0.3) is 0 Å². The Kier molecular flexibility index (Phi) is 3.35. The monoisotopic (exact) mass is 289 g/mol. The maximum atomic E-state index is 11.6. The van der Waals surface area contributed by atoms with E-state index in [1.165, 1.54) is 11.8 Å². The summed E-state index contributed by atoms with van der Waals surface area (Å²) in [5.41, 5.74) is 7.12. The fourth-order valence-electron chi connectivity index (χ4n) is 1.98. The number of nitrogen functional groups attached to an aromatic ring is 1. The van der Waals surface area contributed by atoms with E-state index in [4.69, 9.17) is 11.1 Å². The minimum Gasteiger partial charge on any atom is -0.384 e. The van der Waals surface area contributed by atoms with Crippen molar-refractivity contribution in [3.63, 3.8) is 0 Å². The summed E-state index contributed by atoms with van der Waals surface area (Å²) in [7, 11) is 0. The Labute approximate surface area is 119 Å². The number of amidine groups is 1. The predicted molar refractivity (Wildman–Crippen MR) is 78.1 cm³/mol. The predicted octanol–water partition coefficient (Wildman–Crippen LogP) is 1.48. The summed E-state index contributed by atoms with van der Waals surface area (Å²) >= 11 is 1.54. The average molecular weight is 289 g/mol. The van der Waals surface area contributed by atoms with E-state index in [9.17, 15) is 4.79 Å². The third kappa shape index (κ3) is 2.62. The van der Waals surface area contributed by atoms with Crippen LogP contribution in [0.15, 0.2) is 34.2 Å². The Morgan fingerprint density at radius 3 is 2.75 bits per heavy atom. The number of hydrogen-bond acceptors (Lipinski definition) is 4. The zero-order chi connectivity index (χ0) is 14.1. The van der Waals surface area contributed by atoms with Crippen molar-refractivity contribution in [2.45, 2.75) is 29.8 Å². The van der Waals surface area contributed by atoms with Gasteiger partial charge >= 0.3 is 5.69 Å². The number of rotatable bonds is 5. The average Bonchev–Trinajstić information content (AvgIpc) is 3.21. The van der Waals surface area contributed by atoms with Gasteiger partial charge in [-0.25, -0.2) is 9.89 Å². The van der Waals surface area contributed by atoms with E-state index in [1.54, 1.807) is 4.57 Å². The normalized spacial score (nSPS) is 14.4. The Balaban J connectivity index is 1.70. The summed E-state index contributed by atoms with van der Waals surface area (Å²) in [5, 5.41) is 14.7. The van der Waals surface area contributed by atoms with Gasteiger partial charge in [-0.05, 0) is 18.4 Å². The van der Waals surface area contributed by atoms with Gasteiger partial charge in [-0.15, -0.1) is 5.10 Å². The lowest BCUT2D eigenvalue weighted by Crippen LogP contribution is -2.16. The van der Waals surface area contributed by atoms with Gasteiger partial charge in [0.15, 0.2) is 5.16 Å². The molecule has 20 heavy (non-hydrogen) atoms. The molecule has 7 heteroatoms. The number of nitrogens with one attached hydrogen (secondary N) is 2. The molecule has 1 aliphatic carbocycles. The number of hydrogen-bond donors (Lipinski definition) is 3. The van der Waals surface area contributed by atoms with E-state index >= 15 is 0 Å². The fraction of sp³-hybridized carbons (Fsp3) is 0.308.